The van der Waals surface area contributed by atoms with Gasteiger partial charge < -0.3 is 4.74 Å². The average molecular weight is 249 g/mol. The van der Waals surface area contributed by atoms with Gasteiger partial charge in [0.15, 0.2) is 0 Å². The Hall–Kier alpha value is -1.88. The van der Waals surface area contributed by atoms with E-state index in [2.05, 4.69) is 0 Å². The zero-order valence-electron chi connectivity index (χ0n) is 9.47. The number of ketones is 1. The van der Waals surface area contributed by atoms with Crippen molar-refractivity contribution in [3.8, 4) is 5.75 Å². The fourth-order valence-electron chi connectivity index (χ4n) is 1.41. The second-order valence-electron chi connectivity index (χ2n) is 3.49. The fourth-order valence-corrected chi connectivity index (χ4v) is 2.21. The summed E-state index contributed by atoms with van der Waals surface area (Å²) in [6.07, 6.45) is 0. The van der Waals surface area contributed by atoms with E-state index in [1.54, 1.807) is 38.4 Å². The van der Waals surface area contributed by atoms with E-state index in [4.69, 9.17) is 4.74 Å². The van der Waals surface area contributed by atoms with Gasteiger partial charge in [0, 0.05) is 18.7 Å². The Morgan fingerprint density at radius 3 is 2.41 bits per heavy atom. The summed E-state index contributed by atoms with van der Waals surface area (Å²) in [4.78, 5) is 23.8. The van der Waals surface area contributed by atoms with Gasteiger partial charge >= 0.3 is 0 Å². The number of methoxy groups -OCH3 is 1. The Kier molecular flexibility index (Phi) is 3.10. The van der Waals surface area contributed by atoms with E-state index in [1.165, 1.54) is 10.0 Å². The van der Waals surface area contributed by atoms with Crippen molar-refractivity contribution < 1.29 is 9.53 Å². The lowest BCUT2D eigenvalue weighted by Crippen LogP contribution is -2.06. The van der Waals surface area contributed by atoms with Crippen molar-refractivity contribution in [2.45, 2.75) is 0 Å². The smallest absolute Gasteiger partial charge is 0.261 e. The molecule has 0 fully saturated rings. The van der Waals surface area contributed by atoms with E-state index in [9.17, 15) is 9.59 Å². The summed E-state index contributed by atoms with van der Waals surface area (Å²) < 4.78 is 6.44. The first kappa shape index (κ1) is 11.6. The van der Waals surface area contributed by atoms with Gasteiger partial charge in [-0.3, -0.25) is 13.5 Å². The van der Waals surface area contributed by atoms with Crippen LogP contribution in [0.4, 0.5) is 0 Å². The van der Waals surface area contributed by atoms with Gasteiger partial charge in [-0.2, -0.15) is 0 Å². The monoisotopic (exact) mass is 249 g/mol. The molecule has 0 aliphatic rings. The minimum absolute atomic E-state index is 0.143. The minimum atomic E-state index is -0.160. The summed E-state index contributed by atoms with van der Waals surface area (Å²) in [5.41, 5.74) is 0.388. The van der Waals surface area contributed by atoms with Crippen LogP contribution in [0.2, 0.25) is 0 Å². The van der Waals surface area contributed by atoms with Crippen LogP contribution in [0.25, 0.3) is 0 Å². The second kappa shape index (κ2) is 4.55. The molecule has 0 unspecified atom stereocenters. The fraction of sp³-hybridized carbons (Fsp3) is 0.167. The summed E-state index contributed by atoms with van der Waals surface area (Å²) in [6.45, 7) is 0. The highest BCUT2D eigenvalue weighted by Gasteiger charge is 2.13. The number of aryl methyl sites for hydroxylation is 1. The predicted molar refractivity (Wildman–Crippen MR) is 66.0 cm³/mol. The molecule has 5 heteroatoms. The van der Waals surface area contributed by atoms with Crippen LogP contribution in [0.15, 0.2) is 35.1 Å². The van der Waals surface area contributed by atoms with Gasteiger partial charge in [0.1, 0.15) is 5.75 Å². The Balaban J connectivity index is 2.33. The topological polar surface area (TPSA) is 48.3 Å². The molecule has 0 aliphatic carbocycles. The van der Waals surface area contributed by atoms with Gasteiger partial charge in [-0.05, 0) is 24.3 Å². The minimum Gasteiger partial charge on any atom is -0.497 e. The lowest BCUT2D eigenvalue weighted by molar-refractivity contribution is 0.104. The summed E-state index contributed by atoms with van der Waals surface area (Å²) in [6, 6.07) is 8.17. The molecule has 2 aromatic rings. The number of benzene rings is 1. The largest absolute Gasteiger partial charge is 0.497 e. The Labute approximate surface area is 102 Å². The summed E-state index contributed by atoms with van der Waals surface area (Å²) in [5, 5.41) is 0. The summed E-state index contributed by atoms with van der Waals surface area (Å²) in [7, 11) is 3.21. The molecule has 0 saturated carbocycles. The molecule has 1 aromatic heterocycles. The molecule has 88 valence electrons. The van der Waals surface area contributed by atoms with Crippen molar-refractivity contribution in [2.24, 2.45) is 7.05 Å². The molecule has 0 bridgehead atoms. The van der Waals surface area contributed by atoms with Crippen molar-refractivity contribution in [3.05, 3.63) is 51.1 Å². The van der Waals surface area contributed by atoms with E-state index in [-0.39, 0.29) is 11.3 Å². The van der Waals surface area contributed by atoms with E-state index in [0.29, 0.717) is 16.2 Å². The summed E-state index contributed by atoms with van der Waals surface area (Å²) >= 11 is 1.15. The standard InChI is InChI=1S/C12H11NO3S/c1-13-11(14)7-10(17-13)12(15)8-3-5-9(16-2)6-4-8/h3-7H,1-2H3. The zero-order chi connectivity index (χ0) is 12.4. The molecule has 0 aliphatic heterocycles. The van der Waals surface area contributed by atoms with Crippen molar-refractivity contribution >= 4 is 17.3 Å². The lowest BCUT2D eigenvalue weighted by Gasteiger charge is -2.00. The van der Waals surface area contributed by atoms with Crippen LogP contribution in [0.3, 0.4) is 0 Å². The third-order valence-electron chi connectivity index (χ3n) is 2.38. The van der Waals surface area contributed by atoms with Crippen molar-refractivity contribution in [3.63, 3.8) is 0 Å². The molecular formula is C12H11NO3S. The van der Waals surface area contributed by atoms with Crippen LogP contribution in [-0.2, 0) is 7.05 Å². The molecule has 4 nitrogen and oxygen atoms in total. The molecule has 0 spiro atoms. The zero-order valence-corrected chi connectivity index (χ0v) is 10.3. The molecule has 1 aromatic carbocycles. The average Bonchev–Trinajstić information content (AvgIpc) is 2.69. The maximum Gasteiger partial charge on any atom is 0.261 e. The Morgan fingerprint density at radius 2 is 1.94 bits per heavy atom. The quantitative estimate of drug-likeness (QED) is 0.778. The van der Waals surface area contributed by atoms with Crippen molar-refractivity contribution in [1.29, 1.82) is 0 Å². The molecule has 17 heavy (non-hydrogen) atoms. The molecular weight excluding hydrogens is 238 g/mol. The van der Waals surface area contributed by atoms with Gasteiger partial charge in [0.05, 0.1) is 12.0 Å². The third-order valence-corrected chi connectivity index (χ3v) is 3.33. The maximum absolute atomic E-state index is 12.0. The van der Waals surface area contributed by atoms with E-state index in [0.717, 1.165) is 11.5 Å². The summed E-state index contributed by atoms with van der Waals surface area (Å²) in [5.74, 6) is 0.554. The normalized spacial score (nSPS) is 10.2. The molecule has 1 heterocycles. The highest BCUT2D eigenvalue weighted by Crippen LogP contribution is 2.16. The number of hydrogen-bond acceptors (Lipinski definition) is 4. The number of hydrogen-bond donors (Lipinski definition) is 0. The molecule has 0 saturated heterocycles. The number of carbonyl (C=O) groups is 1. The molecule has 0 atom stereocenters. The van der Waals surface area contributed by atoms with Crippen LogP contribution in [0.5, 0.6) is 5.75 Å². The van der Waals surface area contributed by atoms with Crippen LogP contribution >= 0.6 is 11.5 Å². The van der Waals surface area contributed by atoms with Gasteiger partial charge in [-0.25, -0.2) is 0 Å². The Bertz CT molecular complexity index is 595. The van der Waals surface area contributed by atoms with E-state index in [1.807, 2.05) is 0 Å². The third kappa shape index (κ3) is 2.29. The SMILES string of the molecule is COc1ccc(C(=O)c2cc(=O)n(C)s2)cc1. The number of nitrogens with zero attached hydrogens (tertiary/aromatic N) is 1. The van der Waals surface area contributed by atoms with Gasteiger partial charge in [-0.1, -0.05) is 11.5 Å². The van der Waals surface area contributed by atoms with Crippen LogP contribution in [0, 0.1) is 0 Å². The second-order valence-corrected chi connectivity index (χ2v) is 4.66. The van der Waals surface area contributed by atoms with Crippen molar-refractivity contribution in [1.82, 2.24) is 3.96 Å². The van der Waals surface area contributed by atoms with Gasteiger partial charge in [-0.15, -0.1) is 0 Å². The maximum atomic E-state index is 12.0. The molecule has 0 radical (unpaired) electrons. The number of ether oxygens (including phenoxy) is 1. The predicted octanol–water partition coefficient (Wildman–Crippen LogP) is 1.69. The van der Waals surface area contributed by atoms with Crippen molar-refractivity contribution in [2.75, 3.05) is 7.11 Å². The molecule has 2 rings (SSSR count). The first-order valence-electron chi connectivity index (χ1n) is 4.98. The van der Waals surface area contributed by atoms with Crippen LogP contribution in [-0.4, -0.2) is 16.8 Å². The number of carbonyl (C=O) groups excluding carboxylic acids is 1. The van der Waals surface area contributed by atoms with E-state index < -0.39 is 0 Å². The van der Waals surface area contributed by atoms with E-state index >= 15 is 0 Å². The number of aromatic nitrogens is 1. The first-order chi connectivity index (χ1) is 8.11. The van der Waals surface area contributed by atoms with Gasteiger partial charge in [0.25, 0.3) is 5.56 Å². The highest BCUT2D eigenvalue weighted by atomic mass is 32.1. The van der Waals surface area contributed by atoms with Crippen LogP contribution < -0.4 is 10.3 Å². The molecule has 0 amide bonds. The van der Waals surface area contributed by atoms with Crippen LogP contribution in [0.1, 0.15) is 15.2 Å². The lowest BCUT2D eigenvalue weighted by atomic mass is 10.1. The first-order valence-corrected chi connectivity index (χ1v) is 5.75. The Morgan fingerprint density at radius 1 is 1.29 bits per heavy atom. The highest BCUT2D eigenvalue weighted by molar-refractivity contribution is 7.08. The molecule has 0 N–H and O–H groups in total. The van der Waals surface area contributed by atoms with Gasteiger partial charge in [0.2, 0.25) is 5.78 Å². The number of rotatable bonds is 3.